The number of piperazine rings is 1. The average Bonchev–Trinajstić information content (AvgIpc) is 2.49. The lowest BCUT2D eigenvalue weighted by atomic mass is 10.1. The molecule has 0 aromatic heterocycles. The zero-order chi connectivity index (χ0) is 15.4. The standard InChI is InChI=1S/C14H17FN4O2/c1-2-11(10-16)17-5-7-18(8-6-17)14-4-3-12(19(20)21)9-13(14)15/h3-4,9,11H,2,5-8H2,1H3. The molecular formula is C14H17FN4O2. The van der Waals surface area contributed by atoms with Crippen molar-refractivity contribution in [3.8, 4) is 6.07 Å². The van der Waals surface area contributed by atoms with Crippen LogP contribution in [0.4, 0.5) is 15.8 Å². The highest BCUT2D eigenvalue weighted by Crippen LogP contribution is 2.25. The van der Waals surface area contributed by atoms with Gasteiger partial charge in [-0.3, -0.25) is 15.0 Å². The van der Waals surface area contributed by atoms with Gasteiger partial charge in [-0.2, -0.15) is 5.26 Å². The van der Waals surface area contributed by atoms with Crippen molar-refractivity contribution in [1.29, 1.82) is 5.26 Å². The summed E-state index contributed by atoms with van der Waals surface area (Å²) in [5, 5.41) is 19.7. The maximum atomic E-state index is 14.0. The minimum atomic E-state index is -0.608. The van der Waals surface area contributed by atoms with Crippen LogP contribution in [0.15, 0.2) is 18.2 Å². The Morgan fingerprint density at radius 1 is 1.43 bits per heavy atom. The molecule has 1 aromatic rings. The molecule has 0 aliphatic carbocycles. The number of hydrogen-bond acceptors (Lipinski definition) is 5. The van der Waals surface area contributed by atoms with Crippen LogP contribution < -0.4 is 4.90 Å². The number of non-ortho nitro benzene ring substituents is 1. The second-order valence-electron chi connectivity index (χ2n) is 4.97. The molecule has 1 aromatic carbocycles. The minimum absolute atomic E-state index is 0.103. The fourth-order valence-electron chi connectivity index (χ4n) is 2.57. The van der Waals surface area contributed by atoms with E-state index in [-0.39, 0.29) is 11.7 Å². The molecule has 21 heavy (non-hydrogen) atoms. The van der Waals surface area contributed by atoms with Gasteiger partial charge in [0.05, 0.1) is 28.8 Å². The Bertz CT molecular complexity index is 565. The van der Waals surface area contributed by atoms with E-state index in [2.05, 4.69) is 11.0 Å². The summed E-state index contributed by atoms with van der Waals surface area (Å²) in [4.78, 5) is 13.9. The lowest BCUT2D eigenvalue weighted by molar-refractivity contribution is -0.385. The number of rotatable bonds is 4. The third kappa shape index (κ3) is 3.28. The summed E-state index contributed by atoms with van der Waals surface area (Å²) in [6.45, 7) is 4.54. The lowest BCUT2D eigenvalue weighted by Gasteiger charge is -2.37. The molecule has 0 radical (unpaired) electrons. The summed E-state index contributed by atoms with van der Waals surface area (Å²) < 4.78 is 14.0. The summed E-state index contributed by atoms with van der Waals surface area (Å²) in [6, 6.07) is 5.88. The van der Waals surface area contributed by atoms with Crippen molar-refractivity contribution in [1.82, 2.24) is 4.90 Å². The second kappa shape index (κ2) is 6.50. The summed E-state index contributed by atoms with van der Waals surface area (Å²) >= 11 is 0. The highest BCUT2D eigenvalue weighted by molar-refractivity contribution is 5.52. The van der Waals surface area contributed by atoms with Crippen LogP contribution in [0.1, 0.15) is 13.3 Å². The fraction of sp³-hybridized carbons (Fsp3) is 0.500. The van der Waals surface area contributed by atoms with Crippen LogP contribution in [-0.4, -0.2) is 42.0 Å². The number of nitriles is 1. The van der Waals surface area contributed by atoms with Crippen LogP contribution >= 0.6 is 0 Å². The fourth-order valence-corrected chi connectivity index (χ4v) is 2.57. The first kappa shape index (κ1) is 15.2. The zero-order valence-electron chi connectivity index (χ0n) is 11.8. The van der Waals surface area contributed by atoms with Crippen molar-refractivity contribution in [2.75, 3.05) is 31.1 Å². The molecule has 0 saturated carbocycles. The Morgan fingerprint density at radius 3 is 2.57 bits per heavy atom. The molecule has 1 aliphatic rings. The number of benzene rings is 1. The lowest BCUT2D eigenvalue weighted by Crippen LogP contribution is -2.50. The van der Waals surface area contributed by atoms with Crippen molar-refractivity contribution in [2.45, 2.75) is 19.4 Å². The molecule has 0 bridgehead atoms. The smallest absolute Gasteiger partial charge is 0.272 e. The van der Waals surface area contributed by atoms with Gasteiger partial charge in [0.15, 0.2) is 5.82 Å². The van der Waals surface area contributed by atoms with E-state index in [0.29, 0.717) is 31.9 Å². The van der Waals surface area contributed by atoms with Crippen LogP contribution in [-0.2, 0) is 0 Å². The molecule has 0 N–H and O–H groups in total. The quantitative estimate of drug-likeness (QED) is 0.628. The number of halogens is 1. The van der Waals surface area contributed by atoms with Gasteiger partial charge < -0.3 is 4.90 Å². The van der Waals surface area contributed by atoms with E-state index in [1.165, 1.54) is 12.1 Å². The van der Waals surface area contributed by atoms with Gasteiger partial charge >= 0.3 is 0 Å². The van der Waals surface area contributed by atoms with Gasteiger partial charge in [0.25, 0.3) is 5.69 Å². The number of anilines is 1. The van der Waals surface area contributed by atoms with Gasteiger partial charge in [-0.15, -0.1) is 0 Å². The van der Waals surface area contributed by atoms with Crippen molar-refractivity contribution >= 4 is 11.4 Å². The van der Waals surface area contributed by atoms with Gasteiger partial charge in [-0.1, -0.05) is 6.92 Å². The van der Waals surface area contributed by atoms with E-state index >= 15 is 0 Å². The number of nitrogens with zero attached hydrogens (tertiary/aromatic N) is 4. The first-order valence-corrected chi connectivity index (χ1v) is 6.89. The van der Waals surface area contributed by atoms with E-state index in [1.807, 2.05) is 11.8 Å². The van der Waals surface area contributed by atoms with Crippen LogP contribution in [0.25, 0.3) is 0 Å². The molecule has 1 unspecified atom stereocenters. The Kier molecular flexibility index (Phi) is 4.70. The van der Waals surface area contributed by atoms with Crippen molar-refractivity contribution in [3.05, 3.63) is 34.1 Å². The molecule has 0 spiro atoms. The third-order valence-corrected chi connectivity index (χ3v) is 3.77. The first-order chi connectivity index (χ1) is 10.1. The predicted octanol–water partition coefficient (Wildman–Crippen LogP) is 2.16. The molecule has 7 heteroatoms. The monoisotopic (exact) mass is 292 g/mol. The van der Waals surface area contributed by atoms with Gasteiger partial charge in [-0.05, 0) is 12.5 Å². The Labute approximate surface area is 122 Å². The summed E-state index contributed by atoms with van der Waals surface area (Å²) in [5.41, 5.74) is 0.135. The maximum Gasteiger partial charge on any atom is 0.272 e. The average molecular weight is 292 g/mol. The summed E-state index contributed by atoms with van der Waals surface area (Å²) in [6.07, 6.45) is 0.766. The van der Waals surface area contributed by atoms with Crippen molar-refractivity contribution in [3.63, 3.8) is 0 Å². The predicted molar refractivity (Wildman–Crippen MR) is 76.5 cm³/mol. The Balaban J connectivity index is 2.06. The normalized spacial score (nSPS) is 17.3. The molecular weight excluding hydrogens is 275 g/mol. The van der Waals surface area contributed by atoms with Crippen LogP contribution in [0.3, 0.4) is 0 Å². The minimum Gasteiger partial charge on any atom is -0.367 e. The molecule has 112 valence electrons. The SMILES string of the molecule is CCC(C#N)N1CCN(c2ccc([N+](=O)[O-])cc2F)CC1. The molecule has 1 saturated heterocycles. The van der Waals surface area contributed by atoms with Gasteiger partial charge in [0.2, 0.25) is 0 Å². The number of nitro benzene ring substituents is 1. The van der Waals surface area contributed by atoms with E-state index in [0.717, 1.165) is 12.5 Å². The molecule has 1 atom stereocenters. The molecule has 0 amide bonds. The topological polar surface area (TPSA) is 73.4 Å². The third-order valence-electron chi connectivity index (χ3n) is 3.77. The van der Waals surface area contributed by atoms with Gasteiger partial charge in [-0.25, -0.2) is 4.39 Å². The molecule has 1 fully saturated rings. The van der Waals surface area contributed by atoms with E-state index in [4.69, 9.17) is 5.26 Å². The van der Waals surface area contributed by atoms with Gasteiger partial charge in [0.1, 0.15) is 0 Å². The van der Waals surface area contributed by atoms with E-state index in [1.54, 1.807) is 0 Å². The van der Waals surface area contributed by atoms with E-state index < -0.39 is 10.7 Å². The molecule has 6 nitrogen and oxygen atoms in total. The number of hydrogen-bond donors (Lipinski definition) is 0. The highest BCUT2D eigenvalue weighted by atomic mass is 19.1. The van der Waals surface area contributed by atoms with Crippen LogP contribution in [0.5, 0.6) is 0 Å². The summed E-state index contributed by atoms with van der Waals surface area (Å²) in [5.74, 6) is -0.579. The van der Waals surface area contributed by atoms with Crippen molar-refractivity contribution < 1.29 is 9.31 Å². The maximum absolute atomic E-state index is 14.0. The van der Waals surface area contributed by atoms with Crippen LogP contribution in [0.2, 0.25) is 0 Å². The Morgan fingerprint density at radius 2 is 2.10 bits per heavy atom. The Hall–Kier alpha value is -2.20. The second-order valence-corrected chi connectivity index (χ2v) is 4.97. The zero-order valence-corrected chi connectivity index (χ0v) is 11.8. The summed E-state index contributed by atoms with van der Waals surface area (Å²) in [7, 11) is 0. The van der Waals surface area contributed by atoms with Crippen LogP contribution in [0, 0.1) is 27.3 Å². The molecule has 1 heterocycles. The largest absolute Gasteiger partial charge is 0.367 e. The van der Waals surface area contributed by atoms with Gasteiger partial charge in [0, 0.05) is 32.2 Å². The molecule has 1 aliphatic heterocycles. The number of nitro groups is 1. The highest BCUT2D eigenvalue weighted by Gasteiger charge is 2.24. The first-order valence-electron chi connectivity index (χ1n) is 6.89. The van der Waals surface area contributed by atoms with Crippen molar-refractivity contribution in [2.24, 2.45) is 0 Å². The molecule has 2 rings (SSSR count). The van der Waals surface area contributed by atoms with E-state index in [9.17, 15) is 14.5 Å².